The fourth-order valence-corrected chi connectivity index (χ4v) is 3.45. The minimum atomic E-state index is -3.98. The number of nitrogens with zero attached hydrogens (tertiary/aromatic N) is 1. The van der Waals surface area contributed by atoms with Crippen LogP contribution in [0.4, 0.5) is 0 Å². The van der Waals surface area contributed by atoms with Crippen molar-refractivity contribution in [3.63, 3.8) is 0 Å². The third-order valence-corrected chi connectivity index (χ3v) is 5.39. The molecule has 7 nitrogen and oxygen atoms in total. The standard InChI is InChI=1S/C16H13Cl2N3O4S/c17-9-5-7-10(8-6-9)26(23,24)21-20-13-14(22)16(19)25-15(13)11-3-1-2-4-12(11)18/h1-8,15,21-22H,19H2/b20-13+. The second-order valence-electron chi connectivity index (χ2n) is 5.28. The van der Waals surface area contributed by atoms with E-state index in [0.717, 1.165) is 0 Å². The average molecular weight is 414 g/mol. The first-order valence-electron chi connectivity index (χ1n) is 7.24. The van der Waals surface area contributed by atoms with Crippen molar-refractivity contribution in [2.75, 3.05) is 0 Å². The SMILES string of the molecule is NC1=C(O)/C(=N\NS(=O)(=O)c2ccc(Cl)cc2)C(c2ccccc2Cl)O1. The molecule has 0 saturated carbocycles. The molecule has 1 aliphatic rings. The number of sulfonamides is 1. The van der Waals surface area contributed by atoms with Gasteiger partial charge in [0.25, 0.3) is 10.0 Å². The largest absolute Gasteiger partial charge is 0.502 e. The van der Waals surface area contributed by atoms with Gasteiger partial charge in [-0.3, -0.25) is 0 Å². The number of ether oxygens (including phenoxy) is 1. The van der Waals surface area contributed by atoms with Crippen molar-refractivity contribution in [2.24, 2.45) is 10.8 Å². The van der Waals surface area contributed by atoms with E-state index < -0.39 is 21.9 Å². The highest BCUT2D eigenvalue weighted by Gasteiger charge is 2.35. The van der Waals surface area contributed by atoms with Crippen LogP contribution in [0, 0.1) is 0 Å². The van der Waals surface area contributed by atoms with Gasteiger partial charge in [0.1, 0.15) is 0 Å². The molecule has 2 aromatic rings. The Hall–Kier alpha value is -2.42. The molecule has 26 heavy (non-hydrogen) atoms. The van der Waals surface area contributed by atoms with Crippen LogP contribution in [0.5, 0.6) is 0 Å². The number of hydrazone groups is 1. The van der Waals surface area contributed by atoms with Crippen LogP contribution in [0.25, 0.3) is 0 Å². The van der Waals surface area contributed by atoms with E-state index in [9.17, 15) is 13.5 Å². The van der Waals surface area contributed by atoms with Gasteiger partial charge in [-0.05, 0) is 30.3 Å². The second-order valence-corrected chi connectivity index (χ2v) is 7.78. The number of halogens is 2. The van der Waals surface area contributed by atoms with Crippen LogP contribution in [0.2, 0.25) is 10.0 Å². The summed E-state index contributed by atoms with van der Waals surface area (Å²) in [5, 5.41) is 14.6. The molecular formula is C16H13Cl2N3O4S. The summed E-state index contributed by atoms with van der Waals surface area (Å²) in [6, 6.07) is 12.2. The normalized spacial score (nSPS) is 18.8. The van der Waals surface area contributed by atoms with Crippen LogP contribution < -0.4 is 10.6 Å². The van der Waals surface area contributed by atoms with Crippen molar-refractivity contribution in [3.8, 4) is 0 Å². The van der Waals surface area contributed by atoms with Gasteiger partial charge >= 0.3 is 0 Å². The number of rotatable bonds is 4. The molecule has 1 heterocycles. The Morgan fingerprint density at radius 3 is 2.42 bits per heavy atom. The van der Waals surface area contributed by atoms with E-state index in [-0.39, 0.29) is 16.5 Å². The average Bonchev–Trinajstić information content (AvgIpc) is 2.88. The lowest BCUT2D eigenvalue weighted by Crippen LogP contribution is -2.22. The molecule has 1 aliphatic heterocycles. The molecule has 0 amide bonds. The van der Waals surface area contributed by atoms with E-state index in [1.807, 2.05) is 0 Å². The Morgan fingerprint density at radius 2 is 1.77 bits per heavy atom. The lowest BCUT2D eigenvalue weighted by Gasteiger charge is -2.14. The lowest BCUT2D eigenvalue weighted by molar-refractivity contribution is 0.179. The van der Waals surface area contributed by atoms with Crippen LogP contribution >= 0.6 is 23.2 Å². The van der Waals surface area contributed by atoms with Crippen molar-refractivity contribution in [3.05, 3.63) is 75.8 Å². The highest BCUT2D eigenvalue weighted by Crippen LogP contribution is 2.34. The molecule has 0 spiro atoms. The minimum Gasteiger partial charge on any atom is -0.502 e. The zero-order valence-corrected chi connectivity index (χ0v) is 15.4. The van der Waals surface area contributed by atoms with Gasteiger partial charge < -0.3 is 15.6 Å². The van der Waals surface area contributed by atoms with E-state index in [1.165, 1.54) is 24.3 Å². The molecule has 0 saturated heterocycles. The predicted molar refractivity (Wildman–Crippen MR) is 98.3 cm³/mol. The number of hydrogen-bond donors (Lipinski definition) is 3. The van der Waals surface area contributed by atoms with E-state index >= 15 is 0 Å². The summed E-state index contributed by atoms with van der Waals surface area (Å²) in [6.07, 6.45) is -0.948. The molecule has 10 heteroatoms. The van der Waals surface area contributed by atoms with Crippen LogP contribution in [0.15, 0.2) is 70.2 Å². The van der Waals surface area contributed by atoms with Gasteiger partial charge in [-0.25, -0.2) is 0 Å². The van der Waals surface area contributed by atoms with E-state index in [4.69, 9.17) is 33.7 Å². The van der Waals surface area contributed by atoms with Crippen LogP contribution in [-0.4, -0.2) is 19.2 Å². The molecular weight excluding hydrogens is 401 g/mol. The molecule has 2 aromatic carbocycles. The summed E-state index contributed by atoms with van der Waals surface area (Å²) in [4.78, 5) is 2.01. The second kappa shape index (κ2) is 7.06. The highest BCUT2D eigenvalue weighted by atomic mass is 35.5. The molecule has 1 unspecified atom stereocenters. The Labute approximate surface area is 159 Å². The van der Waals surface area contributed by atoms with Crippen LogP contribution in [-0.2, 0) is 14.8 Å². The smallest absolute Gasteiger partial charge is 0.276 e. The molecule has 0 radical (unpaired) electrons. The number of nitrogens with two attached hydrogens (primary N) is 1. The highest BCUT2D eigenvalue weighted by molar-refractivity contribution is 7.89. The molecule has 136 valence electrons. The quantitative estimate of drug-likeness (QED) is 0.666. The monoisotopic (exact) mass is 413 g/mol. The van der Waals surface area contributed by atoms with E-state index in [1.54, 1.807) is 24.3 Å². The predicted octanol–water partition coefficient (Wildman–Crippen LogP) is 3.09. The first kappa shape index (κ1) is 18.4. The van der Waals surface area contributed by atoms with Gasteiger partial charge in [-0.2, -0.15) is 18.4 Å². The lowest BCUT2D eigenvalue weighted by atomic mass is 10.1. The molecule has 0 aromatic heterocycles. The molecule has 0 fully saturated rings. The van der Waals surface area contributed by atoms with E-state index in [0.29, 0.717) is 15.6 Å². The van der Waals surface area contributed by atoms with Crippen molar-refractivity contribution < 1.29 is 18.3 Å². The summed E-state index contributed by atoms with van der Waals surface area (Å²) < 4.78 is 30.1. The third kappa shape index (κ3) is 3.57. The van der Waals surface area contributed by atoms with E-state index in [2.05, 4.69) is 9.93 Å². The first-order valence-corrected chi connectivity index (χ1v) is 9.48. The zero-order valence-electron chi connectivity index (χ0n) is 13.1. The topological polar surface area (TPSA) is 114 Å². The summed E-state index contributed by atoms with van der Waals surface area (Å²) >= 11 is 11.9. The Kier molecular flexibility index (Phi) is 4.99. The minimum absolute atomic E-state index is 0.0455. The van der Waals surface area contributed by atoms with Gasteiger partial charge in [-0.1, -0.05) is 41.4 Å². The molecule has 0 aliphatic carbocycles. The van der Waals surface area contributed by atoms with Gasteiger partial charge in [0.2, 0.25) is 11.6 Å². The maximum atomic E-state index is 12.3. The number of aliphatic hydroxyl groups is 1. The van der Waals surface area contributed by atoms with Gasteiger partial charge in [0, 0.05) is 15.6 Å². The van der Waals surface area contributed by atoms with Gasteiger partial charge in [0.05, 0.1) is 4.90 Å². The van der Waals surface area contributed by atoms with Crippen molar-refractivity contribution >= 4 is 38.9 Å². The van der Waals surface area contributed by atoms with Crippen LogP contribution in [0.1, 0.15) is 11.7 Å². The maximum absolute atomic E-state index is 12.3. The Bertz CT molecular complexity index is 1000. The third-order valence-electron chi connectivity index (χ3n) is 3.57. The Balaban J connectivity index is 1.94. The number of nitrogens with one attached hydrogen (secondary N) is 1. The fourth-order valence-electron chi connectivity index (χ4n) is 2.27. The van der Waals surface area contributed by atoms with Crippen LogP contribution in [0.3, 0.4) is 0 Å². The Morgan fingerprint density at radius 1 is 1.12 bits per heavy atom. The summed E-state index contributed by atoms with van der Waals surface area (Å²) in [6.45, 7) is 0. The van der Waals surface area contributed by atoms with Gasteiger partial charge in [-0.15, -0.1) is 0 Å². The summed E-state index contributed by atoms with van der Waals surface area (Å²) in [5.41, 5.74) is 5.98. The number of benzene rings is 2. The van der Waals surface area contributed by atoms with Gasteiger partial charge in [0.15, 0.2) is 11.8 Å². The van der Waals surface area contributed by atoms with Crippen molar-refractivity contribution in [2.45, 2.75) is 11.0 Å². The summed E-state index contributed by atoms with van der Waals surface area (Å²) in [5.74, 6) is -0.743. The van der Waals surface area contributed by atoms with Crippen molar-refractivity contribution in [1.82, 2.24) is 4.83 Å². The molecule has 4 N–H and O–H groups in total. The van der Waals surface area contributed by atoms with Crippen molar-refractivity contribution in [1.29, 1.82) is 0 Å². The molecule has 1 atom stereocenters. The summed E-state index contributed by atoms with van der Waals surface area (Å²) in [7, 11) is -3.98. The molecule has 3 rings (SSSR count). The maximum Gasteiger partial charge on any atom is 0.276 e. The first-order chi connectivity index (χ1) is 12.3. The zero-order chi connectivity index (χ0) is 18.9. The fraction of sp³-hybridized carbons (Fsp3) is 0.0625. The number of hydrogen-bond acceptors (Lipinski definition) is 6. The number of aliphatic hydroxyl groups excluding tert-OH is 1. The molecule has 0 bridgehead atoms.